The first-order valence-corrected chi connectivity index (χ1v) is 8.17. The second-order valence-corrected chi connectivity index (χ2v) is 6.65. The van der Waals surface area contributed by atoms with Gasteiger partial charge in [-0.1, -0.05) is 6.92 Å². The fourth-order valence-electron chi connectivity index (χ4n) is 1.62. The molecule has 19 heavy (non-hydrogen) atoms. The fourth-order valence-corrected chi connectivity index (χ4v) is 4.06. The normalized spacial score (nSPS) is 11.7. The Labute approximate surface area is 116 Å². The van der Waals surface area contributed by atoms with E-state index in [0.29, 0.717) is 17.1 Å². The van der Waals surface area contributed by atoms with Crippen molar-refractivity contribution in [1.29, 1.82) is 0 Å². The number of thiophene rings is 1. The van der Waals surface area contributed by atoms with Crippen molar-refractivity contribution in [3.05, 3.63) is 28.7 Å². The highest BCUT2D eigenvalue weighted by atomic mass is 32.2. The minimum atomic E-state index is -3.55. The molecule has 2 heterocycles. The molecule has 2 rings (SSSR count). The zero-order valence-corrected chi connectivity index (χ0v) is 12.4. The number of aryl methyl sites for hydroxylation is 1. The molecule has 0 amide bonds. The monoisotopic (exact) mass is 300 g/mol. The molecule has 2 aromatic heterocycles. The van der Waals surface area contributed by atoms with Gasteiger partial charge in [0.05, 0.1) is 11.9 Å². The van der Waals surface area contributed by atoms with Crippen LogP contribution in [0.4, 0.5) is 5.69 Å². The third-order valence-corrected chi connectivity index (χ3v) is 5.00. The first-order chi connectivity index (χ1) is 9.03. The summed E-state index contributed by atoms with van der Waals surface area (Å²) in [5.41, 5.74) is 0.461. The number of hydrogen-bond acceptors (Lipinski definition) is 5. The first-order valence-electron chi connectivity index (χ1n) is 5.81. The summed E-state index contributed by atoms with van der Waals surface area (Å²) in [6, 6.07) is 1.62. The van der Waals surface area contributed by atoms with Gasteiger partial charge in [-0.2, -0.15) is 5.10 Å². The molecule has 2 N–H and O–H groups in total. The van der Waals surface area contributed by atoms with Crippen molar-refractivity contribution in [2.24, 2.45) is 7.05 Å². The minimum Gasteiger partial charge on any atom is -0.312 e. The molecule has 104 valence electrons. The third kappa shape index (κ3) is 3.34. The van der Waals surface area contributed by atoms with E-state index in [1.54, 1.807) is 29.4 Å². The van der Waals surface area contributed by atoms with E-state index in [9.17, 15) is 8.42 Å². The molecule has 6 nitrogen and oxygen atoms in total. The summed E-state index contributed by atoms with van der Waals surface area (Å²) in [6.07, 6.45) is 3.10. The highest BCUT2D eigenvalue weighted by molar-refractivity contribution is 7.93. The van der Waals surface area contributed by atoms with Crippen molar-refractivity contribution in [3.8, 4) is 0 Å². The van der Waals surface area contributed by atoms with Gasteiger partial charge in [0, 0.05) is 24.7 Å². The Morgan fingerprint density at radius 3 is 2.89 bits per heavy atom. The summed E-state index contributed by atoms with van der Waals surface area (Å²) < 4.78 is 28.6. The van der Waals surface area contributed by atoms with Crippen molar-refractivity contribution < 1.29 is 8.42 Å². The van der Waals surface area contributed by atoms with Gasteiger partial charge in [-0.25, -0.2) is 8.42 Å². The molecule has 8 heteroatoms. The number of aromatic nitrogens is 2. The molecule has 2 aromatic rings. The van der Waals surface area contributed by atoms with Crippen LogP contribution in [0.15, 0.2) is 28.7 Å². The summed E-state index contributed by atoms with van der Waals surface area (Å²) in [6.45, 7) is 3.33. The lowest BCUT2D eigenvalue weighted by molar-refractivity contribution is 0.599. The van der Waals surface area contributed by atoms with Crippen LogP contribution in [0, 0.1) is 0 Å². The Morgan fingerprint density at radius 2 is 2.26 bits per heavy atom. The van der Waals surface area contributed by atoms with Gasteiger partial charge < -0.3 is 5.32 Å². The van der Waals surface area contributed by atoms with Crippen LogP contribution < -0.4 is 10.0 Å². The van der Waals surface area contributed by atoms with Crippen molar-refractivity contribution in [2.75, 3.05) is 11.3 Å². The van der Waals surface area contributed by atoms with Gasteiger partial charge in [-0.15, -0.1) is 11.3 Å². The van der Waals surface area contributed by atoms with Crippen LogP contribution in [0.3, 0.4) is 0 Å². The lowest BCUT2D eigenvalue weighted by Crippen LogP contribution is -2.17. The van der Waals surface area contributed by atoms with E-state index in [0.717, 1.165) is 11.4 Å². The molecule has 0 saturated carbocycles. The average Bonchev–Trinajstić information content (AvgIpc) is 2.95. The Balaban J connectivity index is 2.22. The van der Waals surface area contributed by atoms with Crippen LogP contribution in [0.25, 0.3) is 0 Å². The standard InChI is InChI=1S/C11H16N4O2S2/c1-3-12-7-10-11(4-5-18-10)19(16,17)14-9-6-13-15(2)8-9/h4-6,8,12,14H,3,7H2,1-2H3. The molecule has 0 aliphatic heterocycles. The van der Waals surface area contributed by atoms with E-state index >= 15 is 0 Å². The summed E-state index contributed by atoms with van der Waals surface area (Å²) in [7, 11) is -1.82. The first kappa shape index (κ1) is 14.0. The minimum absolute atomic E-state index is 0.322. The van der Waals surface area contributed by atoms with Crippen LogP contribution in [0.5, 0.6) is 0 Å². The van der Waals surface area contributed by atoms with Gasteiger partial charge in [0.1, 0.15) is 4.90 Å². The van der Waals surface area contributed by atoms with Crippen LogP contribution in [0.1, 0.15) is 11.8 Å². The van der Waals surface area contributed by atoms with Crippen LogP contribution in [-0.2, 0) is 23.6 Å². The third-order valence-electron chi connectivity index (χ3n) is 2.49. The van der Waals surface area contributed by atoms with Crippen molar-refractivity contribution in [3.63, 3.8) is 0 Å². The Hall–Kier alpha value is -1.38. The van der Waals surface area contributed by atoms with E-state index in [-0.39, 0.29) is 0 Å². The number of nitrogens with zero attached hydrogens (tertiary/aromatic N) is 2. The Morgan fingerprint density at radius 1 is 1.47 bits per heavy atom. The number of hydrogen-bond donors (Lipinski definition) is 2. The molecular formula is C11H16N4O2S2. The number of anilines is 1. The lowest BCUT2D eigenvalue weighted by Gasteiger charge is -2.07. The molecule has 0 aromatic carbocycles. The van der Waals surface area contributed by atoms with Gasteiger partial charge in [0.2, 0.25) is 0 Å². The molecule has 0 fully saturated rings. The Kier molecular flexibility index (Phi) is 4.23. The molecule has 0 saturated heterocycles. The highest BCUT2D eigenvalue weighted by Crippen LogP contribution is 2.24. The van der Waals surface area contributed by atoms with Gasteiger partial charge >= 0.3 is 0 Å². The summed E-state index contributed by atoms with van der Waals surface area (Å²) in [4.78, 5) is 1.13. The molecule has 0 bridgehead atoms. The zero-order chi connectivity index (χ0) is 13.9. The zero-order valence-electron chi connectivity index (χ0n) is 10.8. The topological polar surface area (TPSA) is 76.0 Å². The highest BCUT2D eigenvalue weighted by Gasteiger charge is 2.20. The van der Waals surface area contributed by atoms with E-state index in [1.807, 2.05) is 6.92 Å². The van der Waals surface area contributed by atoms with Crippen LogP contribution in [-0.4, -0.2) is 24.7 Å². The molecule has 0 atom stereocenters. The van der Waals surface area contributed by atoms with E-state index < -0.39 is 10.0 Å². The predicted octanol–water partition coefficient (Wildman–Crippen LogP) is 1.39. The van der Waals surface area contributed by atoms with E-state index in [2.05, 4.69) is 15.1 Å². The SMILES string of the molecule is CCNCc1sccc1S(=O)(=O)Nc1cnn(C)c1. The van der Waals surface area contributed by atoms with Crippen molar-refractivity contribution in [1.82, 2.24) is 15.1 Å². The number of rotatable bonds is 6. The lowest BCUT2D eigenvalue weighted by atomic mass is 10.4. The number of nitrogens with one attached hydrogen (secondary N) is 2. The van der Waals surface area contributed by atoms with Gasteiger partial charge in [-0.3, -0.25) is 9.40 Å². The van der Waals surface area contributed by atoms with Gasteiger partial charge in [0.25, 0.3) is 10.0 Å². The van der Waals surface area contributed by atoms with Crippen LogP contribution in [0.2, 0.25) is 0 Å². The number of sulfonamides is 1. The van der Waals surface area contributed by atoms with Gasteiger partial charge in [-0.05, 0) is 18.0 Å². The molecule has 0 aliphatic carbocycles. The largest absolute Gasteiger partial charge is 0.312 e. The molecule has 0 unspecified atom stereocenters. The molecule has 0 aliphatic rings. The maximum Gasteiger partial charge on any atom is 0.263 e. The second kappa shape index (κ2) is 5.72. The molecular weight excluding hydrogens is 284 g/mol. The van der Waals surface area contributed by atoms with E-state index in [4.69, 9.17) is 0 Å². The van der Waals surface area contributed by atoms with Crippen molar-refractivity contribution >= 4 is 27.0 Å². The molecule has 0 radical (unpaired) electrons. The Bertz CT molecular complexity index is 645. The molecule has 0 spiro atoms. The maximum absolute atomic E-state index is 12.3. The summed E-state index contributed by atoms with van der Waals surface area (Å²) in [5.74, 6) is 0. The fraction of sp³-hybridized carbons (Fsp3) is 0.364. The van der Waals surface area contributed by atoms with Crippen LogP contribution >= 0.6 is 11.3 Å². The van der Waals surface area contributed by atoms with E-state index in [1.165, 1.54) is 17.5 Å². The van der Waals surface area contributed by atoms with Gasteiger partial charge in [0.15, 0.2) is 0 Å². The van der Waals surface area contributed by atoms with Crippen molar-refractivity contribution in [2.45, 2.75) is 18.4 Å². The maximum atomic E-state index is 12.3. The predicted molar refractivity (Wildman–Crippen MR) is 75.7 cm³/mol. The quantitative estimate of drug-likeness (QED) is 0.845. The second-order valence-electron chi connectivity index (χ2n) is 4.00. The summed E-state index contributed by atoms with van der Waals surface area (Å²) >= 11 is 1.43. The smallest absolute Gasteiger partial charge is 0.263 e. The average molecular weight is 300 g/mol. The summed E-state index contributed by atoms with van der Waals surface area (Å²) in [5, 5.41) is 8.85.